The van der Waals surface area contributed by atoms with Crippen molar-refractivity contribution in [3.63, 3.8) is 0 Å². The Morgan fingerprint density at radius 1 is 1.33 bits per heavy atom. The van der Waals surface area contributed by atoms with Crippen LogP contribution in [0.25, 0.3) is 0 Å². The molecule has 1 atom stereocenters. The van der Waals surface area contributed by atoms with Crippen LogP contribution in [-0.2, 0) is 34.2 Å². The number of para-hydroxylation sites is 1. The highest BCUT2D eigenvalue weighted by Crippen LogP contribution is 2.22. The van der Waals surface area contributed by atoms with E-state index in [1.54, 1.807) is 17.9 Å². The molecule has 0 saturated carbocycles. The summed E-state index contributed by atoms with van der Waals surface area (Å²) in [4.78, 5) is 6.31. The van der Waals surface area contributed by atoms with Gasteiger partial charge in [0.1, 0.15) is 5.75 Å². The zero-order chi connectivity index (χ0) is 19.4. The van der Waals surface area contributed by atoms with Crippen molar-refractivity contribution in [2.75, 3.05) is 27.0 Å². The summed E-state index contributed by atoms with van der Waals surface area (Å²) < 4.78 is 37.2. The normalized spacial score (nSPS) is 17.6. The zero-order valence-corrected chi connectivity index (χ0v) is 16.9. The Labute approximate surface area is 160 Å². The number of aromatic nitrogens is 2. The average molecular weight is 394 g/mol. The molecular weight excluding hydrogens is 366 g/mol. The Morgan fingerprint density at radius 3 is 2.78 bits per heavy atom. The molecule has 0 unspecified atom stereocenters. The van der Waals surface area contributed by atoms with Crippen molar-refractivity contribution >= 4 is 9.84 Å². The van der Waals surface area contributed by atoms with Gasteiger partial charge in [-0.15, -0.1) is 0 Å². The summed E-state index contributed by atoms with van der Waals surface area (Å²) >= 11 is 0. The number of hydrogen-bond donors (Lipinski definition) is 0. The Kier molecular flexibility index (Phi) is 6.18. The van der Waals surface area contributed by atoms with Gasteiger partial charge in [-0.3, -0.25) is 4.90 Å². The largest absolute Gasteiger partial charge is 0.496 e. The molecule has 2 heterocycles. The van der Waals surface area contributed by atoms with E-state index in [9.17, 15) is 8.42 Å². The monoisotopic (exact) mass is 393 g/mol. The van der Waals surface area contributed by atoms with Crippen molar-refractivity contribution in [2.24, 2.45) is 0 Å². The molecule has 1 fully saturated rings. The third-order valence-corrected chi connectivity index (χ3v) is 5.70. The van der Waals surface area contributed by atoms with Crippen LogP contribution in [-0.4, -0.2) is 56.0 Å². The van der Waals surface area contributed by atoms with E-state index in [1.807, 2.05) is 31.3 Å². The molecule has 2 aromatic rings. The molecule has 0 radical (unpaired) electrons. The average Bonchev–Trinajstić information content (AvgIpc) is 3.26. The van der Waals surface area contributed by atoms with E-state index in [-0.39, 0.29) is 11.3 Å². The molecular formula is C19H27N3O4S. The molecule has 3 rings (SSSR count). The summed E-state index contributed by atoms with van der Waals surface area (Å²) in [5, 5.41) is 0.110. The fraction of sp³-hybridized carbons (Fsp3) is 0.526. The summed E-state index contributed by atoms with van der Waals surface area (Å²) in [7, 11) is 0.255. The van der Waals surface area contributed by atoms with Crippen LogP contribution >= 0.6 is 0 Å². The van der Waals surface area contributed by atoms with E-state index in [0.717, 1.165) is 36.5 Å². The summed E-state index contributed by atoms with van der Waals surface area (Å²) in [5.41, 5.74) is 1.94. The van der Waals surface area contributed by atoms with E-state index >= 15 is 0 Å². The van der Waals surface area contributed by atoms with E-state index in [0.29, 0.717) is 19.6 Å². The Balaban J connectivity index is 1.80. The van der Waals surface area contributed by atoms with Gasteiger partial charge in [-0.25, -0.2) is 13.4 Å². The minimum absolute atomic E-state index is 0.0398. The molecule has 27 heavy (non-hydrogen) atoms. The first-order chi connectivity index (χ1) is 12.9. The van der Waals surface area contributed by atoms with Crippen molar-refractivity contribution in [1.29, 1.82) is 0 Å². The molecule has 1 aromatic heterocycles. The summed E-state index contributed by atoms with van der Waals surface area (Å²) in [6.07, 6.45) is 4.85. The van der Waals surface area contributed by atoms with Gasteiger partial charge >= 0.3 is 0 Å². The quantitative estimate of drug-likeness (QED) is 0.684. The first-order valence-electron chi connectivity index (χ1n) is 9.05. The number of hydrogen-bond acceptors (Lipinski definition) is 6. The maximum Gasteiger partial charge on any atom is 0.227 e. The van der Waals surface area contributed by atoms with Crippen LogP contribution in [0.15, 0.2) is 35.6 Å². The zero-order valence-electron chi connectivity index (χ0n) is 16.1. The Morgan fingerprint density at radius 2 is 2.11 bits per heavy atom. The first kappa shape index (κ1) is 19.9. The number of imidazole rings is 1. The molecule has 8 heteroatoms. The summed E-state index contributed by atoms with van der Waals surface area (Å²) in [5.74, 6) is 0.842. The predicted molar refractivity (Wildman–Crippen MR) is 102 cm³/mol. The number of rotatable bonds is 8. The van der Waals surface area contributed by atoms with Gasteiger partial charge < -0.3 is 14.0 Å². The lowest BCUT2D eigenvalue weighted by Crippen LogP contribution is -2.24. The van der Waals surface area contributed by atoms with Crippen LogP contribution in [0.3, 0.4) is 0 Å². The van der Waals surface area contributed by atoms with E-state index in [2.05, 4.69) is 9.88 Å². The number of ether oxygens (including phenoxy) is 2. The maximum absolute atomic E-state index is 12.1. The van der Waals surface area contributed by atoms with E-state index < -0.39 is 9.84 Å². The van der Waals surface area contributed by atoms with E-state index in [4.69, 9.17) is 9.47 Å². The molecule has 0 aliphatic carbocycles. The molecule has 1 aromatic carbocycles. The van der Waals surface area contributed by atoms with Gasteiger partial charge in [0.15, 0.2) is 0 Å². The second-order valence-electron chi connectivity index (χ2n) is 7.03. The molecule has 1 aliphatic rings. The minimum atomic E-state index is -3.40. The maximum atomic E-state index is 12.1. The molecule has 0 spiro atoms. The lowest BCUT2D eigenvalue weighted by atomic mass is 10.2. The van der Waals surface area contributed by atoms with Crippen molar-refractivity contribution in [3.05, 3.63) is 41.7 Å². The lowest BCUT2D eigenvalue weighted by molar-refractivity contribution is 0.0934. The van der Waals surface area contributed by atoms with Crippen molar-refractivity contribution in [2.45, 2.75) is 43.7 Å². The lowest BCUT2D eigenvalue weighted by Gasteiger charge is -2.21. The highest BCUT2D eigenvalue weighted by molar-refractivity contribution is 7.90. The Bertz CT molecular complexity index is 873. The molecule has 7 nitrogen and oxygen atoms in total. The molecule has 1 saturated heterocycles. The first-order valence-corrected chi connectivity index (χ1v) is 10.9. The van der Waals surface area contributed by atoms with Gasteiger partial charge in [0.25, 0.3) is 0 Å². The highest BCUT2D eigenvalue weighted by atomic mass is 32.2. The fourth-order valence-electron chi connectivity index (χ4n) is 3.46. The topological polar surface area (TPSA) is 73.7 Å². The predicted octanol–water partition coefficient (Wildman–Crippen LogP) is 2.11. The SMILES string of the molecule is COc1ccccc1CN(C)Cc1cnc(S(C)(=O)=O)n1C[C@H]1CCCO1. The van der Waals surface area contributed by atoms with Crippen molar-refractivity contribution in [3.8, 4) is 5.75 Å². The number of methoxy groups -OCH3 is 1. The van der Waals surface area contributed by atoms with Crippen LogP contribution in [0.2, 0.25) is 0 Å². The fourth-order valence-corrected chi connectivity index (χ4v) is 4.29. The van der Waals surface area contributed by atoms with Crippen LogP contribution < -0.4 is 4.74 Å². The van der Waals surface area contributed by atoms with Gasteiger partial charge in [-0.2, -0.15) is 0 Å². The van der Waals surface area contributed by atoms with Crippen molar-refractivity contribution in [1.82, 2.24) is 14.5 Å². The van der Waals surface area contributed by atoms with Gasteiger partial charge in [-0.1, -0.05) is 18.2 Å². The van der Waals surface area contributed by atoms with Crippen LogP contribution in [0, 0.1) is 0 Å². The smallest absolute Gasteiger partial charge is 0.227 e. The second kappa shape index (κ2) is 8.41. The molecule has 0 N–H and O–H groups in total. The summed E-state index contributed by atoms with van der Waals surface area (Å²) in [6, 6.07) is 7.89. The number of nitrogens with zero attached hydrogens (tertiary/aromatic N) is 3. The van der Waals surface area contributed by atoms with E-state index in [1.165, 1.54) is 6.26 Å². The molecule has 148 valence electrons. The second-order valence-corrected chi connectivity index (χ2v) is 8.94. The van der Waals surface area contributed by atoms with Crippen LogP contribution in [0.5, 0.6) is 5.75 Å². The van der Waals surface area contributed by atoms with Gasteiger partial charge in [0.2, 0.25) is 15.0 Å². The van der Waals surface area contributed by atoms with Crippen molar-refractivity contribution < 1.29 is 17.9 Å². The van der Waals surface area contributed by atoms with Gasteiger partial charge in [-0.05, 0) is 26.0 Å². The number of benzene rings is 1. The molecule has 1 aliphatic heterocycles. The summed E-state index contributed by atoms with van der Waals surface area (Å²) in [6.45, 7) is 2.51. The minimum Gasteiger partial charge on any atom is -0.496 e. The molecule has 0 amide bonds. The number of sulfone groups is 1. The molecule has 0 bridgehead atoms. The van der Waals surface area contributed by atoms with Crippen LogP contribution in [0.1, 0.15) is 24.1 Å². The highest BCUT2D eigenvalue weighted by Gasteiger charge is 2.24. The Hall–Kier alpha value is -1.90. The third-order valence-electron chi connectivity index (χ3n) is 4.71. The van der Waals surface area contributed by atoms with Crippen LogP contribution in [0.4, 0.5) is 0 Å². The third kappa shape index (κ3) is 4.88. The van der Waals surface area contributed by atoms with Gasteiger partial charge in [0.05, 0.1) is 31.6 Å². The standard InChI is InChI=1S/C19H27N3O4S/c1-21(12-15-7-4-5-9-18(15)25-2)13-16-11-20-19(27(3,23)24)22(16)14-17-8-6-10-26-17/h4-5,7,9,11,17H,6,8,10,12-14H2,1-3H3/t17-/m1/s1. The van der Waals surface area contributed by atoms with Gasteiger partial charge in [0, 0.05) is 31.5 Å².